The first-order chi connectivity index (χ1) is 6.30. The van der Waals surface area contributed by atoms with E-state index in [1.807, 2.05) is 0 Å². The van der Waals surface area contributed by atoms with Crippen molar-refractivity contribution >= 4 is 15.9 Å². The molecule has 2 nitrogen and oxygen atoms in total. The topological polar surface area (TPSA) is 21.3 Å². The summed E-state index contributed by atoms with van der Waals surface area (Å²) in [4.78, 5) is 0. The van der Waals surface area contributed by atoms with E-state index in [2.05, 4.69) is 39.4 Å². The normalized spacial score (nSPS) is 22.8. The van der Waals surface area contributed by atoms with Crippen molar-refractivity contribution < 1.29 is 4.74 Å². The molecule has 0 bridgehead atoms. The van der Waals surface area contributed by atoms with Gasteiger partial charge in [0.1, 0.15) is 5.60 Å². The largest absolute Gasteiger partial charge is 0.363 e. The van der Waals surface area contributed by atoms with Gasteiger partial charge in [-0.3, -0.25) is 0 Å². The van der Waals surface area contributed by atoms with Crippen LogP contribution in [0.1, 0.15) is 11.1 Å². The van der Waals surface area contributed by atoms with Crippen molar-refractivity contribution in [2.75, 3.05) is 13.1 Å². The molecule has 2 aliphatic rings. The zero-order valence-electron chi connectivity index (χ0n) is 7.14. The smallest absolute Gasteiger partial charge is 0.119 e. The van der Waals surface area contributed by atoms with Gasteiger partial charge in [-0.2, -0.15) is 0 Å². The first-order valence-electron chi connectivity index (χ1n) is 4.44. The summed E-state index contributed by atoms with van der Waals surface area (Å²) in [5.41, 5.74) is 2.71. The molecule has 1 aromatic rings. The quantitative estimate of drug-likeness (QED) is 0.746. The summed E-state index contributed by atoms with van der Waals surface area (Å²) < 4.78 is 6.96. The van der Waals surface area contributed by atoms with Crippen molar-refractivity contribution in [3.63, 3.8) is 0 Å². The fourth-order valence-electron chi connectivity index (χ4n) is 2.06. The van der Waals surface area contributed by atoms with E-state index in [0.29, 0.717) is 0 Å². The number of hydrogen-bond donors (Lipinski definition) is 1. The molecule has 0 amide bonds. The van der Waals surface area contributed by atoms with Crippen molar-refractivity contribution in [3.8, 4) is 0 Å². The Morgan fingerprint density at radius 1 is 1.38 bits per heavy atom. The summed E-state index contributed by atoms with van der Waals surface area (Å²) in [6.07, 6.45) is 0. The molecule has 2 aliphatic heterocycles. The van der Waals surface area contributed by atoms with E-state index >= 15 is 0 Å². The van der Waals surface area contributed by atoms with Gasteiger partial charge in [0.2, 0.25) is 0 Å². The minimum absolute atomic E-state index is 0.00995. The average molecular weight is 240 g/mol. The van der Waals surface area contributed by atoms with Crippen molar-refractivity contribution in [1.29, 1.82) is 0 Å². The third kappa shape index (κ3) is 1.01. The Morgan fingerprint density at radius 2 is 2.23 bits per heavy atom. The molecule has 1 N–H and O–H groups in total. The summed E-state index contributed by atoms with van der Waals surface area (Å²) in [5.74, 6) is 0. The fraction of sp³-hybridized carbons (Fsp3) is 0.400. The van der Waals surface area contributed by atoms with Crippen LogP contribution in [0.2, 0.25) is 0 Å². The Bertz CT molecular complexity index is 360. The van der Waals surface area contributed by atoms with E-state index in [4.69, 9.17) is 4.74 Å². The second-order valence-electron chi connectivity index (χ2n) is 3.69. The number of halogens is 1. The second kappa shape index (κ2) is 2.56. The number of hydrogen-bond acceptors (Lipinski definition) is 2. The highest BCUT2D eigenvalue weighted by Gasteiger charge is 2.45. The molecule has 1 aromatic carbocycles. The zero-order chi connectivity index (χ0) is 8.89. The van der Waals surface area contributed by atoms with Gasteiger partial charge in [-0.1, -0.05) is 22.0 Å². The van der Waals surface area contributed by atoms with E-state index in [-0.39, 0.29) is 5.60 Å². The maximum absolute atomic E-state index is 5.82. The predicted molar refractivity (Wildman–Crippen MR) is 53.5 cm³/mol. The second-order valence-corrected chi connectivity index (χ2v) is 4.60. The lowest BCUT2D eigenvalue weighted by Crippen LogP contribution is -2.56. The molecule has 1 saturated heterocycles. The molecule has 0 aliphatic carbocycles. The minimum Gasteiger partial charge on any atom is -0.363 e. The molecule has 1 fully saturated rings. The highest BCUT2D eigenvalue weighted by atomic mass is 79.9. The first-order valence-corrected chi connectivity index (χ1v) is 5.23. The summed E-state index contributed by atoms with van der Waals surface area (Å²) in [6, 6.07) is 6.42. The SMILES string of the molecule is Brc1ccc2c(c1)COC21CNC1. The molecule has 1 spiro atoms. The van der Waals surface area contributed by atoms with Gasteiger partial charge in [0.25, 0.3) is 0 Å². The molecule has 3 heteroatoms. The van der Waals surface area contributed by atoms with Gasteiger partial charge in [0, 0.05) is 17.6 Å². The number of rotatable bonds is 0. The monoisotopic (exact) mass is 239 g/mol. The van der Waals surface area contributed by atoms with Crippen LogP contribution < -0.4 is 5.32 Å². The number of benzene rings is 1. The fourth-order valence-corrected chi connectivity index (χ4v) is 2.47. The first kappa shape index (κ1) is 7.97. The maximum atomic E-state index is 5.82. The Hall–Kier alpha value is -0.380. The Balaban J connectivity index is 2.11. The highest BCUT2D eigenvalue weighted by Crippen LogP contribution is 2.40. The molecule has 2 heterocycles. The zero-order valence-corrected chi connectivity index (χ0v) is 8.73. The Kier molecular flexibility index (Phi) is 1.57. The van der Waals surface area contributed by atoms with Crippen molar-refractivity contribution in [1.82, 2.24) is 5.32 Å². The van der Waals surface area contributed by atoms with Crippen LogP contribution in [0.5, 0.6) is 0 Å². The van der Waals surface area contributed by atoms with Crippen LogP contribution in [0.15, 0.2) is 22.7 Å². The van der Waals surface area contributed by atoms with Crippen LogP contribution in [0.4, 0.5) is 0 Å². The van der Waals surface area contributed by atoms with E-state index in [1.54, 1.807) is 0 Å². The lowest BCUT2D eigenvalue weighted by atomic mass is 9.87. The molecular weight excluding hydrogens is 230 g/mol. The van der Waals surface area contributed by atoms with Gasteiger partial charge in [0.15, 0.2) is 0 Å². The van der Waals surface area contributed by atoms with Gasteiger partial charge in [-0.15, -0.1) is 0 Å². The van der Waals surface area contributed by atoms with Crippen LogP contribution in [-0.4, -0.2) is 13.1 Å². The van der Waals surface area contributed by atoms with Crippen LogP contribution in [-0.2, 0) is 16.9 Å². The highest BCUT2D eigenvalue weighted by molar-refractivity contribution is 9.10. The van der Waals surface area contributed by atoms with E-state index in [9.17, 15) is 0 Å². The number of fused-ring (bicyclic) bond motifs is 2. The maximum Gasteiger partial charge on any atom is 0.119 e. The lowest BCUT2D eigenvalue weighted by Gasteiger charge is -2.39. The van der Waals surface area contributed by atoms with E-state index in [0.717, 1.165) is 24.2 Å². The van der Waals surface area contributed by atoms with Crippen LogP contribution >= 0.6 is 15.9 Å². The number of nitrogens with one attached hydrogen (secondary N) is 1. The summed E-state index contributed by atoms with van der Waals surface area (Å²) in [7, 11) is 0. The van der Waals surface area contributed by atoms with Gasteiger partial charge in [-0.05, 0) is 23.3 Å². The van der Waals surface area contributed by atoms with Gasteiger partial charge in [-0.25, -0.2) is 0 Å². The van der Waals surface area contributed by atoms with Crippen LogP contribution in [0.25, 0.3) is 0 Å². The van der Waals surface area contributed by atoms with Crippen LogP contribution in [0.3, 0.4) is 0 Å². The molecule has 0 aromatic heterocycles. The summed E-state index contributed by atoms with van der Waals surface area (Å²) >= 11 is 3.47. The third-order valence-electron chi connectivity index (χ3n) is 2.88. The average Bonchev–Trinajstić information content (AvgIpc) is 2.41. The van der Waals surface area contributed by atoms with E-state index in [1.165, 1.54) is 11.1 Å². The molecule has 0 saturated carbocycles. The summed E-state index contributed by atoms with van der Waals surface area (Å²) in [6.45, 7) is 2.68. The van der Waals surface area contributed by atoms with Crippen molar-refractivity contribution in [2.24, 2.45) is 0 Å². The van der Waals surface area contributed by atoms with Gasteiger partial charge < -0.3 is 10.1 Å². The minimum atomic E-state index is 0.00995. The Morgan fingerprint density at radius 3 is 2.92 bits per heavy atom. The van der Waals surface area contributed by atoms with Crippen molar-refractivity contribution in [3.05, 3.63) is 33.8 Å². The molecule has 13 heavy (non-hydrogen) atoms. The molecule has 68 valence electrons. The lowest BCUT2D eigenvalue weighted by molar-refractivity contribution is -0.0746. The number of ether oxygens (including phenoxy) is 1. The van der Waals surface area contributed by atoms with Crippen molar-refractivity contribution in [2.45, 2.75) is 12.2 Å². The molecule has 0 atom stereocenters. The van der Waals surface area contributed by atoms with Crippen LogP contribution in [0, 0.1) is 0 Å². The van der Waals surface area contributed by atoms with Gasteiger partial charge >= 0.3 is 0 Å². The standard InChI is InChI=1S/C10H10BrNO/c11-8-1-2-9-7(3-8)4-13-10(9)5-12-6-10/h1-3,12H,4-6H2. The van der Waals surface area contributed by atoms with Gasteiger partial charge in [0.05, 0.1) is 6.61 Å². The molecule has 0 unspecified atom stereocenters. The Labute approximate surface area is 85.4 Å². The molecular formula is C10H10BrNO. The molecule has 0 radical (unpaired) electrons. The predicted octanol–water partition coefficient (Wildman–Crippen LogP) is 1.78. The van der Waals surface area contributed by atoms with E-state index < -0.39 is 0 Å². The molecule has 3 rings (SSSR count). The summed E-state index contributed by atoms with van der Waals surface area (Å²) in [5, 5.41) is 3.26. The third-order valence-corrected chi connectivity index (χ3v) is 3.38.